The summed E-state index contributed by atoms with van der Waals surface area (Å²) >= 11 is 0. The normalized spacial score (nSPS) is 14.0. The van der Waals surface area contributed by atoms with Crippen LogP contribution in [-0.2, 0) is 0 Å². The molecule has 0 aliphatic carbocycles. The highest BCUT2D eigenvalue weighted by Gasteiger charge is 1.92. The van der Waals surface area contributed by atoms with E-state index in [1.165, 1.54) is 0 Å². The third-order valence-corrected chi connectivity index (χ3v) is 1.05. The lowest BCUT2D eigenvalue weighted by atomic mass is 10.2. The number of aliphatic hydroxyl groups is 1. The summed E-state index contributed by atoms with van der Waals surface area (Å²) in [6.45, 7) is 5.54. The average molecular weight is 126 g/mol. The minimum atomic E-state index is -0.284. The Balaban J connectivity index is 3.35. The maximum Gasteiger partial charge on any atom is 0.0723 e. The van der Waals surface area contributed by atoms with Gasteiger partial charge in [0.05, 0.1) is 6.10 Å². The Morgan fingerprint density at radius 2 is 2.33 bits per heavy atom. The Bertz CT molecular complexity index is 94.7. The summed E-state index contributed by atoms with van der Waals surface area (Å²) in [4.78, 5) is 0. The molecule has 0 heterocycles. The first-order chi connectivity index (χ1) is 4.31. The van der Waals surface area contributed by atoms with Crippen LogP contribution in [0, 0.1) is 0 Å². The molecule has 0 aromatic heterocycles. The van der Waals surface area contributed by atoms with Crippen LogP contribution in [0.15, 0.2) is 24.8 Å². The van der Waals surface area contributed by atoms with E-state index in [4.69, 9.17) is 5.11 Å². The van der Waals surface area contributed by atoms with Crippen LogP contribution in [0.4, 0.5) is 0 Å². The SMILES string of the molecule is C=C/C=C/C(O)CCC. The molecule has 0 aromatic rings. The first kappa shape index (κ1) is 8.44. The van der Waals surface area contributed by atoms with Crippen LogP contribution in [0.2, 0.25) is 0 Å². The Kier molecular flexibility index (Phi) is 5.23. The number of allylic oxidation sites excluding steroid dienone is 2. The second-order valence-electron chi connectivity index (χ2n) is 1.98. The van der Waals surface area contributed by atoms with E-state index in [9.17, 15) is 0 Å². The van der Waals surface area contributed by atoms with Crippen LogP contribution in [0.3, 0.4) is 0 Å². The molecule has 1 heteroatoms. The third kappa shape index (κ3) is 5.31. The lowest BCUT2D eigenvalue weighted by Gasteiger charge is -1.99. The molecular weight excluding hydrogens is 112 g/mol. The minimum absolute atomic E-state index is 0.284. The lowest BCUT2D eigenvalue weighted by Crippen LogP contribution is -1.99. The highest BCUT2D eigenvalue weighted by molar-refractivity contribution is 5.00. The number of hydrogen-bond donors (Lipinski definition) is 1. The van der Waals surface area contributed by atoms with Crippen LogP contribution in [0.1, 0.15) is 19.8 Å². The van der Waals surface area contributed by atoms with Gasteiger partial charge in [-0.05, 0) is 6.42 Å². The maximum atomic E-state index is 9.05. The molecule has 0 fully saturated rings. The van der Waals surface area contributed by atoms with Gasteiger partial charge in [-0.15, -0.1) is 0 Å². The Labute approximate surface area is 56.7 Å². The molecule has 0 rings (SSSR count). The molecule has 9 heavy (non-hydrogen) atoms. The average Bonchev–Trinajstić information content (AvgIpc) is 1.85. The fraction of sp³-hybridized carbons (Fsp3) is 0.500. The van der Waals surface area contributed by atoms with Crippen LogP contribution in [0.5, 0.6) is 0 Å². The molecule has 0 saturated carbocycles. The van der Waals surface area contributed by atoms with Crippen LogP contribution in [0.25, 0.3) is 0 Å². The van der Waals surface area contributed by atoms with Crippen molar-refractivity contribution < 1.29 is 5.11 Å². The van der Waals surface area contributed by atoms with Gasteiger partial charge in [-0.3, -0.25) is 0 Å². The first-order valence-corrected chi connectivity index (χ1v) is 3.28. The van der Waals surface area contributed by atoms with E-state index < -0.39 is 0 Å². The van der Waals surface area contributed by atoms with Crippen molar-refractivity contribution in [2.45, 2.75) is 25.9 Å². The molecule has 0 spiro atoms. The molecule has 0 radical (unpaired) electrons. The van der Waals surface area contributed by atoms with E-state index in [2.05, 4.69) is 6.58 Å². The van der Waals surface area contributed by atoms with E-state index >= 15 is 0 Å². The second kappa shape index (κ2) is 5.57. The van der Waals surface area contributed by atoms with Gasteiger partial charge in [0.2, 0.25) is 0 Å². The molecule has 0 amide bonds. The van der Waals surface area contributed by atoms with Gasteiger partial charge in [0.1, 0.15) is 0 Å². The van der Waals surface area contributed by atoms with Crippen LogP contribution >= 0.6 is 0 Å². The molecule has 0 bridgehead atoms. The van der Waals surface area contributed by atoms with Gasteiger partial charge in [-0.25, -0.2) is 0 Å². The molecule has 1 N–H and O–H groups in total. The molecule has 0 aliphatic heterocycles. The number of aliphatic hydroxyl groups excluding tert-OH is 1. The van der Waals surface area contributed by atoms with E-state index in [1.54, 1.807) is 18.2 Å². The molecule has 52 valence electrons. The Hall–Kier alpha value is -0.560. The van der Waals surface area contributed by atoms with Crippen molar-refractivity contribution in [2.75, 3.05) is 0 Å². The molecule has 1 atom stereocenters. The van der Waals surface area contributed by atoms with Crippen LogP contribution < -0.4 is 0 Å². The summed E-state index contributed by atoms with van der Waals surface area (Å²) in [6, 6.07) is 0. The summed E-state index contributed by atoms with van der Waals surface area (Å²) in [7, 11) is 0. The van der Waals surface area contributed by atoms with Crippen molar-refractivity contribution in [3.05, 3.63) is 24.8 Å². The maximum absolute atomic E-state index is 9.05. The van der Waals surface area contributed by atoms with Gasteiger partial charge in [0.15, 0.2) is 0 Å². The predicted octanol–water partition coefficient (Wildman–Crippen LogP) is 1.89. The van der Waals surface area contributed by atoms with Gasteiger partial charge in [-0.1, -0.05) is 38.2 Å². The summed E-state index contributed by atoms with van der Waals surface area (Å²) in [5.74, 6) is 0. The summed E-state index contributed by atoms with van der Waals surface area (Å²) < 4.78 is 0. The van der Waals surface area contributed by atoms with Crippen molar-refractivity contribution >= 4 is 0 Å². The fourth-order valence-corrected chi connectivity index (χ4v) is 0.599. The van der Waals surface area contributed by atoms with Gasteiger partial charge in [0.25, 0.3) is 0 Å². The Morgan fingerprint density at radius 1 is 1.67 bits per heavy atom. The summed E-state index contributed by atoms with van der Waals surface area (Å²) in [6.07, 6.45) is 6.75. The molecule has 0 saturated heterocycles. The monoisotopic (exact) mass is 126 g/mol. The van der Waals surface area contributed by atoms with Crippen molar-refractivity contribution in [1.82, 2.24) is 0 Å². The standard InChI is InChI=1S/C8H14O/c1-3-5-7-8(9)6-4-2/h3,5,7-9H,1,4,6H2,2H3/b7-5+. The fourth-order valence-electron chi connectivity index (χ4n) is 0.599. The van der Waals surface area contributed by atoms with Crippen molar-refractivity contribution in [3.63, 3.8) is 0 Å². The molecule has 1 unspecified atom stereocenters. The second-order valence-corrected chi connectivity index (χ2v) is 1.98. The van der Waals surface area contributed by atoms with Gasteiger partial charge in [-0.2, -0.15) is 0 Å². The topological polar surface area (TPSA) is 20.2 Å². The van der Waals surface area contributed by atoms with E-state index in [0.717, 1.165) is 12.8 Å². The lowest BCUT2D eigenvalue weighted by molar-refractivity contribution is 0.211. The first-order valence-electron chi connectivity index (χ1n) is 3.28. The molecule has 1 nitrogen and oxygen atoms in total. The zero-order valence-electron chi connectivity index (χ0n) is 5.88. The van der Waals surface area contributed by atoms with Crippen molar-refractivity contribution in [2.24, 2.45) is 0 Å². The van der Waals surface area contributed by atoms with E-state index in [0.29, 0.717) is 0 Å². The van der Waals surface area contributed by atoms with E-state index in [-0.39, 0.29) is 6.10 Å². The van der Waals surface area contributed by atoms with Gasteiger partial charge in [0, 0.05) is 0 Å². The smallest absolute Gasteiger partial charge is 0.0723 e. The largest absolute Gasteiger partial charge is 0.389 e. The van der Waals surface area contributed by atoms with Crippen LogP contribution in [-0.4, -0.2) is 11.2 Å². The summed E-state index contributed by atoms with van der Waals surface area (Å²) in [5.41, 5.74) is 0. The van der Waals surface area contributed by atoms with Crippen molar-refractivity contribution in [1.29, 1.82) is 0 Å². The molecule has 0 aliphatic rings. The zero-order valence-corrected chi connectivity index (χ0v) is 5.88. The number of rotatable bonds is 4. The molecule has 0 aromatic carbocycles. The summed E-state index contributed by atoms with van der Waals surface area (Å²) in [5, 5.41) is 9.05. The third-order valence-electron chi connectivity index (χ3n) is 1.05. The van der Waals surface area contributed by atoms with Crippen molar-refractivity contribution in [3.8, 4) is 0 Å². The Morgan fingerprint density at radius 3 is 2.78 bits per heavy atom. The predicted molar refractivity (Wildman–Crippen MR) is 40.3 cm³/mol. The highest BCUT2D eigenvalue weighted by atomic mass is 16.3. The molecular formula is C8H14O. The quantitative estimate of drug-likeness (QED) is 0.570. The minimum Gasteiger partial charge on any atom is -0.389 e. The zero-order chi connectivity index (χ0) is 7.11. The van der Waals surface area contributed by atoms with Gasteiger partial charge < -0.3 is 5.11 Å². The van der Waals surface area contributed by atoms with Gasteiger partial charge >= 0.3 is 0 Å². The highest BCUT2D eigenvalue weighted by Crippen LogP contribution is 1.96. The van der Waals surface area contributed by atoms with E-state index in [1.807, 2.05) is 6.92 Å². The number of hydrogen-bond acceptors (Lipinski definition) is 1.